The van der Waals surface area contributed by atoms with Crippen LogP contribution in [0.3, 0.4) is 0 Å². The molecule has 152 valence electrons. The number of nitrogens with zero attached hydrogens (tertiary/aromatic N) is 1. The maximum atomic E-state index is 6.49. The lowest BCUT2D eigenvalue weighted by molar-refractivity contribution is 0.0875. The molecule has 2 aromatic rings. The molecule has 0 radical (unpaired) electrons. The van der Waals surface area contributed by atoms with Crippen molar-refractivity contribution in [2.24, 2.45) is 11.8 Å². The Balaban J connectivity index is 1.65. The second kappa shape index (κ2) is 10.1. The third kappa shape index (κ3) is 6.11. The Labute approximate surface area is 173 Å². The molecule has 2 atom stereocenters. The summed E-state index contributed by atoms with van der Waals surface area (Å²) < 4.78 is 11.5. The topological polar surface area (TPSA) is 43.4 Å². The standard InChI is InChI=1S/C23H31ClN2O2/c1-16(2)11-17(3)14-28-22-7-6-18(12-21(22)24)19-8-9-25-23(13-19)26-20-5-4-10-27-15-20/h6-9,12-13,16-17,20H,4-5,10-11,14-15H2,1-3H3,(H,25,26)/t17-,20?/m0/s1. The van der Waals surface area contributed by atoms with Crippen molar-refractivity contribution in [3.63, 3.8) is 0 Å². The number of rotatable bonds is 8. The van der Waals surface area contributed by atoms with Gasteiger partial charge in [0.25, 0.3) is 0 Å². The zero-order valence-corrected chi connectivity index (χ0v) is 17.8. The molecule has 1 fully saturated rings. The van der Waals surface area contributed by atoms with Gasteiger partial charge in [-0.25, -0.2) is 4.98 Å². The van der Waals surface area contributed by atoms with Gasteiger partial charge < -0.3 is 14.8 Å². The Hall–Kier alpha value is -1.78. The molecule has 0 bridgehead atoms. The summed E-state index contributed by atoms with van der Waals surface area (Å²) in [6, 6.07) is 10.4. The van der Waals surface area contributed by atoms with E-state index in [1.165, 1.54) is 0 Å². The lowest BCUT2D eigenvalue weighted by Gasteiger charge is -2.23. The molecule has 2 heterocycles. The number of halogens is 1. The molecule has 0 aliphatic carbocycles. The minimum atomic E-state index is 0.323. The van der Waals surface area contributed by atoms with Gasteiger partial charge in [0.15, 0.2) is 0 Å². The number of nitrogens with one attached hydrogen (secondary N) is 1. The van der Waals surface area contributed by atoms with Crippen molar-refractivity contribution in [1.29, 1.82) is 0 Å². The normalized spacial score (nSPS) is 18.1. The molecule has 3 rings (SSSR count). The van der Waals surface area contributed by atoms with Gasteiger partial charge in [0, 0.05) is 12.8 Å². The average molecular weight is 403 g/mol. The fraction of sp³-hybridized carbons (Fsp3) is 0.522. The number of anilines is 1. The summed E-state index contributed by atoms with van der Waals surface area (Å²) in [6.45, 7) is 8.96. The SMILES string of the molecule is CC(C)C[C@H](C)COc1ccc(-c2ccnc(NC3CCCOC3)c2)cc1Cl. The molecule has 1 aliphatic rings. The Kier molecular flexibility index (Phi) is 7.57. The van der Waals surface area contributed by atoms with Crippen LogP contribution in [0.4, 0.5) is 5.82 Å². The highest BCUT2D eigenvalue weighted by Crippen LogP contribution is 2.31. The minimum absolute atomic E-state index is 0.323. The van der Waals surface area contributed by atoms with Crippen molar-refractivity contribution in [3.8, 4) is 16.9 Å². The van der Waals surface area contributed by atoms with Gasteiger partial charge in [0.2, 0.25) is 0 Å². The zero-order chi connectivity index (χ0) is 19.9. The van der Waals surface area contributed by atoms with E-state index in [1.54, 1.807) is 0 Å². The number of hydrogen-bond donors (Lipinski definition) is 1. The van der Waals surface area contributed by atoms with Gasteiger partial charge >= 0.3 is 0 Å². The van der Waals surface area contributed by atoms with Gasteiger partial charge in [-0.1, -0.05) is 38.4 Å². The summed E-state index contributed by atoms with van der Waals surface area (Å²) in [4.78, 5) is 4.45. The summed E-state index contributed by atoms with van der Waals surface area (Å²) in [5.41, 5.74) is 2.13. The van der Waals surface area contributed by atoms with E-state index in [0.29, 0.717) is 29.5 Å². The average Bonchev–Trinajstić information content (AvgIpc) is 2.67. The van der Waals surface area contributed by atoms with Gasteiger partial charge in [-0.05, 0) is 66.5 Å². The molecular formula is C23H31ClN2O2. The highest BCUT2D eigenvalue weighted by molar-refractivity contribution is 6.32. The molecule has 1 saturated heterocycles. The lowest BCUT2D eigenvalue weighted by Crippen LogP contribution is -2.30. The van der Waals surface area contributed by atoms with E-state index in [1.807, 2.05) is 24.4 Å². The summed E-state index contributed by atoms with van der Waals surface area (Å²) in [7, 11) is 0. The van der Waals surface area contributed by atoms with E-state index >= 15 is 0 Å². The predicted octanol–water partition coefficient (Wildman–Crippen LogP) is 6.05. The number of pyridine rings is 1. The second-order valence-corrected chi connectivity index (χ2v) is 8.59. The van der Waals surface area contributed by atoms with Crippen LogP contribution in [0.1, 0.15) is 40.0 Å². The molecule has 4 nitrogen and oxygen atoms in total. The molecule has 1 unspecified atom stereocenters. The Morgan fingerprint density at radius 2 is 2.04 bits per heavy atom. The zero-order valence-electron chi connectivity index (χ0n) is 17.1. The second-order valence-electron chi connectivity index (χ2n) is 8.18. The molecular weight excluding hydrogens is 372 g/mol. The van der Waals surface area contributed by atoms with Crippen molar-refractivity contribution in [1.82, 2.24) is 4.98 Å². The first-order chi connectivity index (χ1) is 13.5. The quantitative estimate of drug-likeness (QED) is 0.583. The first kappa shape index (κ1) is 20.9. The van der Waals surface area contributed by atoms with Crippen molar-refractivity contribution < 1.29 is 9.47 Å². The van der Waals surface area contributed by atoms with Crippen molar-refractivity contribution in [3.05, 3.63) is 41.6 Å². The molecule has 1 N–H and O–H groups in total. The van der Waals surface area contributed by atoms with Crippen LogP contribution < -0.4 is 10.1 Å². The maximum absolute atomic E-state index is 6.49. The predicted molar refractivity (Wildman–Crippen MR) is 116 cm³/mol. The number of benzene rings is 1. The van der Waals surface area contributed by atoms with Crippen LogP contribution in [-0.2, 0) is 4.74 Å². The van der Waals surface area contributed by atoms with E-state index < -0.39 is 0 Å². The van der Waals surface area contributed by atoms with Gasteiger partial charge in [0.1, 0.15) is 11.6 Å². The molecule has 1 aromatic heterocycles. The fourth-order valence-electron chi connectivity index (χ4n) is 3.66. The van der Waals surface area contributed by atoms with Crippen molar-refractivity contribution >= 4 is 17.4 Å². The third-order valence-electron chi connectivity index (χ3n) is 4.93. The van der Waals surface area contributed by atoms with Crippen molar-refractivity contribution in [2.45, 2.75) is 46.1 Å². The number of hydrogen-bond acceptors (Lipinski definition) is 4. The first-order valence-corrected chi connectivity index (χ1v) is 10.6. The summed E-state index contributed by atoms with van der Waals surface area (Å²) in [6.07, 6.45) is 5.17. The van der Waals surface area contributed by atoms with Crippen LogP contribution in [0, 0.1) is 11.8 Å². The molecule has 0 saturated carbocycles. The molecule has 0 amide bonds. The Bertz CT molecular complexity index is 760. The molecule has 1 aliphatic heterocycles. The smallest absolute Gasteiger partial charge is 0.137 e. The number of ether oxygens (including phenoxy) is 2. The van der Waals surface area contributed by atoms with Crippen molar-refractivity contribution in [2.75, 3.05) is 25.1 Å². The Morgan fingerprint density at radius 3 is 2.75 bits per heavy atom. The van der Waals surface area contributed by atoms with E-state index in [2.05, 4.69) is 43.2 Å². The minimum Gasteiger partial charge on any atom is -0.492 e. The first-order valence-electron chi connectivity index (χ1n) is 10.2. The van der Waals surface area contributed by atoms with Gasteiger partial charge in [-0.15, -0.1) is 0 Å². The molecule has 1 aromatic carbocycles. The van der Waals surface area contributed by atoms with Gasteiger partial charge in [-0.2, -0.15) is 0 Å². The van der Waals surface area contributed by atoms with Crippen LogP contribution in [0.2, 0.25) is 5.02 Å². The van der Waals surface area contributed by atoms with Crippen LogP contribution >= 0.6 is 11.6 Å². The summed E-state index contributed by atoms with van der Waals surface area (Å²) >= 11 is 6.49. The van der Waals surface area contributed by atoms with E-state index in [4.69, 9.17) is 21.1 Å². The lowest BCUT2D eigenvalue weighted by atomic mass is 10.00. The van der Waals surface area contributed by atoms with Gasteiger partial charge in [0.05, 0.1) is 24.3 Å². The van der Waals surface area contributed by atoms with E-state index in [-0.39, 0.29) is 0 Å². The van der Waals surface area contributed by atoms with Gasteiger partial charge in [-0.3, -0.25) is 0 Å². The van der Waals surface area contributed by atoms with Crippen LogP contribution in [0.5, 0.6) is 5.75 Å². The summed E-state index contributed by atoms with van der Waals surface area (Å²) in [5, 5.41) is 4.11. The fourth-order valence-corrected chi connectivity index (χ4v) is 3.89. The van der Waals surface area contributed by atoms with E-state index in [0.717, 1.165) is 55.2 Å². The Morgan fingerprint density at radius 1 is 1.21 bits per heavy atom. The van der Waals surface area contributed by atoms with Crippen LogP contribution in [0.25, 0.3) is 11.1 Å². The molecule has 28 heavy (non-hydrogen) atoms. The monoisotopic (exact) mass is 402 g/mol. The number of aromatic nitrogens is 1. The molecule has 5 heteroatoms. The molecule has 0 spiro atoms. The summed E-state index contributed by atoms with van der Waals surface area (Å²) in [5.74, 6) is 2.79. The maximum Gasteiger partial charge on any atom is 0.137 e. The van der Waals surface area contributed by atoms with Crippen LogP contribution in [-0.4, -0.2) is 30.8 Å². The van der Waals surface area contributed by atoms with E-state index in [9.17, 15) is 0 Å². The third-order valence-corrected chi connectivity index (χ3v) is 5.23. The van der Waals surface area contributed by atoms with Crippen LogP contribution in [0.15, 0.2) is 36.5 Å². The largest absolute Gasteiger partial charge is 0.492 e. The highest BCUT2D eigenvalue weighted by Gasteiger charge is 2.14. The highest BCUT2D eigenvalue weighted by atomic mass is 35.5.